The van der Waals surface area contributed by atoms with Gasteiger partial charge in [-0.3, -0.25) is 0 Å². The Morgan fingerprint density at radius 3 is 2.32 bits per heavy atom. The van der Waals surface area contributed by atoms with Gasteiger partial charge in [-0.2, -0.15) is 36.5 Å². The molecule has 0 N–H and O–H groups in total. The fraction of sp³-hybridized carbons (Fsp3) is 0.308. The Hall–Kier alpha value is -3.83. The number of hydrogen-bond donors (Lipinski definition) is 0. The highest BCUT2D eigenvalue weighted by atomic mass is 19.4. The Balaban J connectivity index is 1.38. The highest BCUT2D eigenvalue weighted by Crippen LogP contribution is 2.40. The van der Waals surface area contributed by atoms with Crippen LogP contribution in [0.1, 0.15) is 41.9 Å². The van der Waals surface area contributed by atoms with Gasteiger partial charge in [0.05, 0.1) is 40.7 Å². The normalized spacial score (nSPS) is 20.3. The SMILES string of the molecule is CC1C=CC(F)C(c2nc3ccn(Cc4ccc(-c5ccc(C(F)(F)F)cc5C(F)(F)F)nn4)cc-3n2)C1. The maximum atomic E-state index is 14.4. The summed E-state index contributed by atoms with van der Waals surface area (Å²) in [4.78, 5) is 8.98. The summed E-state index contributed by atoms with van der Waals surface area (Å²) in [5, 5.41) is 7.80. The maximum Gasteiger partial charge on any atom is 0.417 e. The van der Waals surface area contributed by atoms with Crippen LogP contribution in [0.4, 0.5) is 30.7 Å². The molecule has 198 valence electrons. The number of hydrogen-bond acceptors (Lipinski definition) is 4. The van der Waals surface area contributed by atoms with Crippen LogP contribution in [-0.4, -0.2) is 30.9 Å². The lowest BCUT2D eigenvalue weighted by atomic mass is 9.86. The number of pyridine rings is 1. The first-order valence-electron chi connectivity index (χ1n) is 11.7. The summed E-state index contributed by atoms with van der Waals surface area (Å²) in [5.41, 5.74) is -2.00. The molecule has 0 bridgehead atoms. The molecule has 3 unspecified atom stereocenters. The van der Waals surface area contributed by atoms with E-state index in [0.29, 0.717) is 35.4 Å². The van der Waals surface area contributed by atoms with Crippen molar-refractivity contribution >= 4 is 0 Å². The third-order valence-electron chi connectivity index (χ3n) is 6.40. The molecule has 1 aliphatic carbocycles. The summed E-state index contributed by atoms with van der Waals surface area (Å²) >= 11 is 0. The number of nitrogens with zero attached hydrogens (tertiary/aromatic N) is 5. The molecule has 1 aromatic carbocycles. The van der Waals surface area contributed by atoms with Crippen LogP contribution in [-0.2, 0) is 18.9 Å². The van der Waals surface area contributed by atoms with E-state index >= 15 is 0 Å². The average Bonchev–Trinajstić information content (AvgIpc) is 3.28. The van der Waals surface area contributed by atoms with Gasteiger partial charge in [-0.25, -0.2) is 14.4 Å². The first kappa shape index (κ1) is 25.8. The molecule has 2 aliphatic heterocycles. The first-order chi connectivity index (χ1) is 17.9. The number of allylic oxidation sites excluding steroid dienone is 2. The molecule has 0 fully saturated rings. The summed E-state index contributed by atoms with van der Waals surface area (Å²) < 4.78 is 95.5. The number of halogens is 7. The Bertz CT molecular complexity index is 1440. The minimum Gasteiger partial charge on any atom is -0.346 e. The summed E-state index contributed by atoms with van der Waals surface area (Å²) in [5.74, 6) is 0.221. The summed E-state index contributed by atoms with van der Waals surface area (Å²) in [7, 11) is 0. The summed E-state index contributed by atoms with van der Waals surface area (Å²) in [6.45, 7) is 2.19. The van der Waals surface area contributed by atoms with Crippen molar-refractivity contribution < 1.29 is 30.7 Å². The zero-order chi connectivity index (χ0) is 27.2. The van der Waals surface area contributed by atoms with E-state index in [2.05, 4.69) is 20.2 Å². The summed E-state index contributed by atoms with van der Waals surface area (Å²) in [6.07, 6.45) is -3.71. The molecule has 0 radical (unpaired) electrons. The summed E-state index contributed by atoms with van der Waals surface area (Å²) in [6, 6.07) is 5.84. The van der Waals surface area contributed by atoms with Crippen LogP contribution in [0.25, 0.3) is 22.6 Å². The van der Waals surface area contributed by atoms with Gasteiger partial charge in [-0.15, -0.1) is 0 Å². The molecule has 0 saturated heterocycles. The van der Waals surface area contributed by atoms with E-state index in [0.717, 1.165) is 6.07 Å². The van der Waals surface area contributed by atoms with Crippen molar-refractivity contribution in [2.45, 2.75) is 44.3 Å². The largest absolute Gasteiger partial charge is 0.417 e. The van der Waals surface area contributed by atoms with Gasteiger partial charge in [0, 0.05) is 18.0 Å². The number of benzene rings is 1. The standard InChI is InChI=1S/C26H20F7N5/c1-14-2-6-20(27)18(10-14)24-34-22-8-9-38(13-23(22)35-24)12-16-4-7-21(37-36-16)17-5-3-15(25(28,29)30)11-19(17)26(31,32)33/h2-9,11,13-14,18,20H,10,12H2,1H3. The predicted octanol–water partition coefficient (Wildman–Crippen LogP) is 6.94. The molecule has 0 spiro atoms. The predicted molar refractivity (Wildman–Crippen MR) is 124 cm³/mol. The fourth-order valence-electron chi connectivity index (χ4n) is 4.47. The molecule has 3 atom stereocenters. The van der Waals surface area contributed by atoms with Crippen LogP contribution in [0, 0.1) is 5.92 Å². The van der Waals surface area contributed by atoms with E-state index in [1.807, 2.05) is 13.0 Å². The van der Waals surface area contributed by atoms with E-state index in [1.165, 1.54) is 18.2 Å². The molecule has 3 aliphatic rings. The van der Waals surface area contributed by atoms with E-state index in [1.54, 1.807) is 23.0 Å². The van der Waals surface area contributed by atoms with Crippen LogP contribution in [0.5, 0.6) is 0 Å². The minimum atomic E-state index is -5.02. The number of rotatable bonds is 4. The quantitative estimate of drug-likeness (QED) is 0.210. The third kappa shape index (κ3) is 5.25. The fourth-order valence-corrected chi connectivity index (χ4v) is 4.47. The molecule has 3 heterocycles. The lowest BCUT2D eigenvalue weighted by molar-refractivity contribution is -0.142. The van der Waals surface area contributed by atoms with Gasteiger partial charge in [0.1, 0.15) is 17.7 Å². The number of alkyl halides is 7. The highest BCUT2D eigenvalue weighted by molar-refractivity contribution is 5.65. The van der Waals surface area contributed by atoms with Crippen LogP contribution >= 0.6 is 0 Å². The van der Waals surface area contributed by atoms with Gasteiger partial charge >= 0.3 is 12.4 Å². The van der Waals surface area contributed by atoms with Crippen molar-refractivity contribution in [1.82, 2.24) is 24.7 Å². The topological polar surface area (TPSA) is 56.5 Å². The minimum absolute atomic E-state index is 0.0700. The average molecular weight is 535 g/mol. The van der Waals surface area contributed by atoms with Gasteiger partial charge in [0.25, 0.3) is 0 Å². The van der Waals surface area contributed by atoms with Gasteiger partial charge in [0.15, 0.2) is 0 Å². The van der Waals surface area contributed by atoms with Crippen LogP contribution in [0.3, 0.4) is 0 Å². The van der Waals surface area contributed by atoms with Crippen molar-refractivity contribution in [1.29, 1.82) is 0 Å². The molecule has 2 aromatic rings. The highest BCUT2D eigenvalue weighted by Gasteiger charge is 2.38. The second kappa shape index (κ2) is 9.48. The van der Waals surface area contributed by atoms with Crippen molar-refractivity contribution in [3.63, 3.8) is 0 Å². The number of fused-ring (bicyclic) bond motifs is 1. The third-order valence-corrected chi connectivity index (χ3v) is 6.40. The Labute approximate surface area is 212 Å². The molecule has 1 aromatic heterocycles. The molecule has 5 rings (SSSR count). The number of imidazole rings is 1. The zero-order valence-corrected chi connectivity index (χ0v) is 19.8. The monoisotopic (exact) mass is 535 g/mol. The first-order valence-corrected chi connectivity index (χ1v) is 11.7. The van der Waals surface area contributed by atoms with Crippen molar-refractivity contribution in [3.8, 4) is 22.6 Å². The van der Waals surface area contributed by atoms with E-state index in [-0.39, 0.29) is 24.2 Å². The molecule has 38 heavy (non-hydrogen) atoms. The molecule has 0 saturated carbocycles. The van der Waals surface area contributed by atoms with Gasteiger partial charge in [0.2, 0.25) is 0 Å². The van der Waals surface area contributed by atoms with Crippen LogP contribution < -0.4 is 0 Å². The Kier molecular flexibility index (Phi) is 6.44. The molecule has 5 nitrogen and oxygen atoms in total. The second-order valence-electron chi connectivity index (χ2n) is 9.28. The lowest BCUT2D eigenvalue weighted by Crippen LogP contribution is -2.19. The van der Waals surface area contributed by atoms with Gasteiger partial charge in [-0.05, 0) is 42.7 Å². The van der Waals surface area contributed by atoms with E-state index in [4.69, 9.17) is 0 Å². The second-order valence-corrected chi connectivity index (χ2v) is 9.28. The van der Waals surface area contributed by atoms with E-state index < -0.39 is 41.1 Å². The van der Waals surface area contributed by atoms with Crippen LogP contribution in [0.15, 0.2) is 60.9 Å². The van der Waals surface area contributed by atoms with Gasteiger partial charge in [-0.1, -0.05) is 25.1 Å². The van der Waals surface area contributed by atoms with E-state index in [9.17, 15) is 30.7 Å². The van der Waals surface area contributed by atoms with Crippen LogP contribution in [0.2, 0.25) is 0 Å². The van der Waals surface area contributed by atoms with Crippen molar-refractivity contribution in [2.24, 2.45) is 5.92 Å². The Morgan fingerprint density at radius 2 is 1.63 bits per heavy atom. The van der Waals surface area contributed by atoms with Crippen molar-refractivity contribution in [2.75, 3.05) is 0 Å². The molecule has 12 heteroatoms. The molecular formula is C26H20F7N5. The Morgan fingerprint density at radius 1 is 0.868 bits per heavy atom. The maximum absolute atomic E-state index is 14.4. The zero-order valence-electron chi connectivity index (χ0n) is 19.8. The smallest absolute Gasteiger partial charge is 0.346 e. The number of aromatic nitrogens is 5. The van der Waals surface area contributed by atoms with Gasteiger partial charge < -0.3 is 4.57 Å². The lowest BCUT2D eigenvalue weighted by Gasteiger charge is -2.23. The van der Waals surface area contributed by atoms with Crippen molar-refractivity contribution in [3.05, 3.63) is 83.6 Å². The molecular weight excluding hydrogens is 515 g/mol. The molecule has 0 amide bonds.